The maximum Gasteiger partial charge on any atom is 0.339 e. The monoisotopic (exact) mass is 365 g/mol. The van der Waals surface area contributed by atoms with E-state index < -0.39 is 24.3 Å². The fourth-order valence-corrected chi connectivity index (χ4v) is 2.19. The first-order valence-electron chi connectivity index (χ1n) is 6.44. The molecule has 0 saturated heterocycles. The number of hydrogen-bond acceptors (Lipinski definition) is 3. The van der Waals surface area contributed by atoms with Crippen molar-refractivity contribution in [1.82, 2.24) is 0 Å². The average Bonchev–Trinajstić information content (AvgIpc) is 2.47. The fourth-order valence-electron chi connectivity index (χ4n) is 1.78. The molecule has 0 radical (unpaired) electrons. The van der Waals surface area contributed by atoms with Crippen molar-refractivity contribution in [3.05, 3.63) is 63.9 Å². The molecular formula is C16H13BrFNO3. The highest BCUT2D eigenvalue weighted by Gasteiger charge is 2.14. The molecule has 0 aliphatic heterocycles. The molecule has 2 rings (SSSR count). The first-order valence-corrected chi connectivity index (χ1v) is 7.23. The van der Waals surface area contributed by atoms with E-state index in [1.54, 1.807) is 18.2 Å². The van der Waals surface area contributed by atoms with Gasteiger partial charge in [-0.05, 0) is 58.7 Å². The zero-order valence-corrected chi connectivity index (χ0v) is 13.3. The lowest BCUT2D eigenvalue weighted by Gasteiger charge is -2.08. The summed E-state index contributed by atoms with van der Waals surface area (Å²) in [6.07, 6.45) is 0. The van der Waals surface area contributed by atoms with E-state index >= 15 is 0 Å². The van der Waals surface area contributed by atoms with Crippen LogP contribution in [0.25, 0.3) is 0 Å². The second kappa shape index (κ2) is 7.17. The van der Waals surface area contributed by atoms with Crippen LogP contribution in [0.2, 0.25) is 0 Å². The van der Waals surface area contributed by atoms with E-state index in [1.807, 2.05) is 13.0 Å². The van der Waals surface area contributed by atoms with Crippen LogP contribution in [-0.2, 0) is 9.53 Å². The van der Waals surface area contributed by atoms with Crippen molar-refractivity contribution in [3.63, 3.8) is 0 Å². The van der Waals surface area contributed by atoms with Crippen molar-refractivity contribution in [2.24, 2.45) is 0 Å². The standard InChI is InChI=1S/C16H13BrFNO3/c1-10-3-2-4-12(7-10)19-15(20)9-22-16(21)13-8-11(18)5-6-14(13)17/h2-8H,9H2,1H3,(H,19,20). The minimum Gasteiger partial charge on any atom is -0.452 e. The van der Waals surface area contributed by atoms with Gasteiger partial charge in [0.1, 0.15) is 5.82 Å². The molecule has 114 valence electrons. The zero-order valence-electron chi connectivity index (χ0n) is 11.7. The molecule has 6 heteroatoms. The van der Waals surface area contributed by atoms with E-state index in [1.165, 1.54) is 12.1 Å². The quantitative estimate of drug-likeness (QED) is 0.840. The van der Waals surface area contributed by atoms with Crippen LogP contribution in [-0.4, -0.2) is 18.5 Å². The Balaban J connectivity index is 1.93. The summed E-state index contributed by atoms with van der Waals surface area (Å²) in [5.74, 6) is -1.79. The molecule has 2 aromatic rings. The number of benzene rings is 2. The number of ether oxygens (including phenoxy) is 1. The second-order valence-corrected chi connectivity index (χ2v) is 5.47. The average molecular weight is 366 g/mol. The van der Waals surface area contributed by atoms with Gasteiger partial charge in [-0.1, -0.05) is 12.1 Å². The molecule has 2 aromatic carbocycles. The summed E-state index contributed by atoms with van der Waals surface area (Å²) in [4.78, 5) is 23.6. The summed E-state index contributed by atoms with van der Waals surface area (Å²) in [6, 6.07) is 10.9. The molecule has 1 N–H and O–H groups in total. The number of halogens is 2. The number of esters is 1. The van der Waals surface area contributed by atoms with Crippen molar-refractivity contribution in [3.8, 4) is 0 Å². The van der Waals surface area contributed by atoms with Crippen LogP contribution in [0.1, 0.15) is 15.9 Å². The number of amides is 1. The van der Waals surface area contributed by atoms with Crippen molar-refractivity contribution in [2.45, 2.75) is 6.92 Å². The van der Waals surface area contributed by atoms with Crippen LogP contribution in [0.5, 0.6) is 0 Å². The second-order valence-electron chi connectivity index (χ2n) is 4.62. The molecule has 0 bridgehead atoms. The molecule has 4 nitrogen and oxygen atoms in total. The van der Waals surface area contributed by atoms with Gasteiger partial charge >= 0.3 is 5.97 Å². The van der Waals surface area contributed by atoms with Crippen molar-refractivity contribution < 1.29 is 18.7 Å². The molecular weight excluding hydrogens is 353 g/mol. The Morgan fingerprint density at radius 1 is 1.23 bits per heavy atom. The Labute approximate surface area is 135 Å². The van der Waals surface area contributed by atoms with Gasteiger partial charge in [-0.15, -0.1) is 0 Å². The summed E-state index contributed by atoms with van der Waals surface area (Å²) in [5.41, 5.74) is 1.65. The van der Waals surface area contributed by atoms with Crippen LogP contribution in [0.15, 0.2) is 46.9 Å². The van der Waals surface area contributed by atoms with E-state index in [0.717, 1.165) is 11.6 Å². The fraction of sp³-hybridized carbons (Fsp3) is 0.125. The molecule has 0 atom stereocenters. The minimum atomic E-state index is -0.772. The SMILES string of the molecule is Cc1cccc(NC(=O)COC(=O)c2cc(F)ccc2Br)c1. The van der Waals surface area contributed by atoms with E-state index in [-0.39, 0.29) is 5.56 Å². The lowest BCUT2D eigenvalue weighted by Crippen LogP contribution is -2.21. The smallest absolute Gasteiger partial charge is 0.339 e. The number of anilines is 1. The Hall–Kier alpha value is -2.21. The topological polar surface area (TPSA) is 55.4 Å². The van der Waals surface area contributed by atoms with Gasteiger partial charge in [-0.2, -0.15) is 0 Å². The third-order valence-electron chi connectivity index (χ3n) is 2.78. The third-order valence-corrected chi connectivity index (χ3v) is 3.48. The lowest BCUT2D eigenvalue weighted by molar-refractivity contribution is -0.119. The van der Waals surface area contributed by atoms with Gasteiger partial charge in [-0.25, -0.2) is 9.18 Å². The molecule has 0 unspecified atom stereocenters. The summed E-state index contributed by atoms with van der Waals surface area (Å²) >= 11 is 3.13. The zero-order chi connectivity index (χ0) is 16.1. The Bertz CT molecular complexity index is 718. The first kappa shape index (κ1) is 16.2. The van der Waals surface area contributed by atoms with E-state index in [2.05, 4.69) is 21.2 Å². The summed E-state index contributed by atoms with van der Waals surface area (Å²) < 4.78 is 18.4. The van der Waals surface area contributed by atoms with Gasteiger partial charge in [0.15, 0.2) is 6.61 Å². The Morgan fingerprint density at radius 3 is 2.73 bits per heavy atom. The number of hydrogen-bond donors (Lipinski definition) is 1. The normalized spacial score (nSPS) is 10.1. The van der Waals surface area contributed by atoms with Gasteiger partial charge in [0.25, 0.3) is 5.91 Å². The maximum absolute atomic E-state index is 13.1. The van der Waals surface area contributed by atoms with Crippen LogP contribution in [0.4, 0.5) is 10.1 Å². The predicted molar refractivity (Wildman–Crippen MR) is 84.2 cm³/mol. The number of carbonyl (C=O) groups excluding carboxylic acids is 2. The molecule has 22 heavy (non-hydrogen) atoms. The highest BCUT2D eigenvalue weighted by molar-refractivity contribution is 9.10. The molecule has 0 fully saturated rings. The molecule has 0 saturated carbocycles. The Morgan fingerprint density at radius 2 is 2.00 bits per heavy atom. The number of carbonyl (C=O) groups is 2. The molecule has 0 aromatic heterocycles. The van der Waals surface area contributed by atoms with Crippen molar-refractivity contribution >= 4 is 33.5 Å². The highest BCUT2D eigenvalue weighted by atomic mass is 79.9. The number of aryl methyl sites for hydroxylation is 1. The van der Waals surface area contributed by atoms with Crippen LogP contribution >= 0.6 is 15.9 Å². The largest absolute Gasteiger partial charge is 0.452 e. The summed E-state index contributed by atoms with van der Waals surface area (Å²) in [7, 11) is 0. The van der Waals surface area contributed by atoms with Crippen LogP contribution in [0, 0.1) is 12.7 Å². The molecule has 0 aliphatic rings. The first-order chi connectivity index (χ1) is 10.5. The van der Waals surface area contributed by atoms with E-state index in [9.17, 15) is 14.0 Å². The summed E-state index contributed by atoms with van der Waals surface area (Å²) in [6.45, 7) is 1.45. The lowest BCUT2D eigenvalue weighted by atomic mass is 10.2. The van der Waals surface area contributed by atoms with Gasteiger partial charge in [0.2, 0.25) is 0 Å². The minimum absolute atomic E-state index is 0.0309. The van der Waals surface area contributed by atoms with Gasteiger partial charge in [0.05, 0.1) is 5.56 Å². The van der Waals surface area contributed by atoms with Gasteiger partial charge in [0, 0.05) is 10.2 Å². The maximum atomic E-state index is 13.1. The predicted octanol–water partition coefficient (Wildman–Crippen LogP) is 3.69. The highest BCUT2D eigenvalue weighted by Crippen LogP contribution is 2.18. The van der Waals surface area contributed by atoms with E-state index in [0.29, 0.717) is 10.2 Å². The van der Waals surface area contributed by atoms with Crippen LogP contribution in [0.3, 0.4) is 0 Å². The van der Waals surface area contributed by atoms with E-state index in [4.69, 9.17) is 4.74 Å². The molecule has 0 spiro atoms. The number of rotatable bonds is 4. The molecule has 0 heterocycles. The third kappa shape index (κ3) is 4.39. The van der Waals surface area contributed by atoms with Crippen LogP contribution < -0.4 is 5.32 Å². The van der Waals surface area contributed by atoms with Gasteiger partial charge < -0.3 is 10.1 Å². The summed E-state index contributed by atoms with van der Waals surface area (Å²) in [5, 5.41) is 2.61. The van der Waals surface area contributed by atoms with Crippen molar-refractivity contribution in [2.75, 3.05) is 11.9 Å². The molecule has 1 amide bonds. The number of nitrogens with one attached hydrogen (secondary N) is 1. The Kier molecular flexibility index (Phi) is 5.27. The van der Waals surface area contributed by atoms with Crippen molar-refractivity contribution in [1.29, 1.82) is 0 Å². The molecule has 0 aliphatic carbocycles. The van der Waals surface area contributed by atoms with Gasteiger partial charge in [-0.3, -0.25) is 4.79 Å².